The van der Waals surface area contributed by atoms with Crippen LogP contribution in [0, 0.1) is 13.8 Å². The number of nitrogens with one attached hydrogen (secondary N) is 1. The number of hydrogen-bond acceptors (Lipinski definition) is 3. The zero-order chi connectivity index (χ0) is 16.8. The molecule has 0 saturated carbocycles. The van der Waals surface area contributed by atoms with E-state index in [1.807, 2.05) is 39.0 Å². The Labute approximate surface area is 136 Å². The minimum Gasteiger partial charge on any atom is -0.358 e. The first-order valence-corrected chi connectivity index (χ1v) is 9.75. The predicted molar refractivity (Wildman–Crippen MR) is 91.5 cm³/mol. The summed E-state index contributed by atoms with van der Waals surface area (Å²) < 4.78 is 23.4. The summed E-state index contributed by atoms with van der Waals surface area (Å²) in [6.07, 6.45) is 0.534. The fraction of sp³-hybridized carbons (Fsp3) is 0.471. The number of aromatic amines is 1. The molecule has 1 aromatic heterocycles. The van der Waals surface area contributed by atoms with Crippen LogP contribution in [0.3, 0.4) is 0 Å². The van der Waals surface area contributed by atoms with Crippen LogP contribution in [0.25, 0.3) is 10.9 Å². The van der Waals surface area contributed by atoms with E-state index in [0.29, 0.717) is 18.5 Å². The quantitative estimate of drug-likeness (QED) is 0.937. The topological polar surface area (TPSA) is 70.2 Å². The molecule has 2 heterocycles. The lowest BCUT2D eigenvalue weighted by atomic mass is 10.1. The summed E-state index contributed by atoms with van der Waals surface area (Å²) in [5, 5.41) is 1.04. The number of amides is 1. The highest BCUT2D eigenvalue weighted by molar-refractivity contribution is 7.91. The van der Waals surface area contributed by atoms with Crippen molar-refractivity contribution in [2.75, 3.05) is 18.1 Å². The van der Waals surface area contributed by atoms with E-state index in [2.05, 4.69) is 4.98 Å². The van der Waals surface area contributed by atoms with E-state index in [-0.39, 0.29) is 23.5 Å². The maximum absolute atomic E-state index is 12.9. The van der Waals surface area contributed by atoms with Gasteiger partial charge in [-0.1, -0.05) is 0 Å². The van der Waals surface area contributed by atoms with Crippen LogP contribution < -0.4 is 0 Å². The number of rotatable bonds is 3. The van der Waals surface area contributed by atoms with Gasteiger partial charge in [0.05, 0.1) is 11.5 Å². The van der Waals surface area contributed by atoms with E-state index >= 15 is 0 Å². The molecule has 5 nitrogen and oxygen atoms in total. The van der Waals surface area contributed by atoms with Crippen LogP contribution in [0.5, 0.6) is 0 Å². The van der Waals surface area contributed by atoms with Crippen LogP contribution in [0.4, 0.5) is 0 Å². The number of nitrogens with zero attached hydrogens (tertiary/aromatic N) is 1. The van der Waals surface area contributed by atoms with Gasteiger partial charge in [0.15, 0.2) is 9.84 Å². The molecule has 0 unspecified atom stereocenters. The average Bonchev–Trinajstić information content (AvgIpc) is 3.00. The zero-order valence-corrected chi connectivity index (χ0v) is 14.5. The highest BCUT2D eigenvalue weighted by Gasteiger charge is 2.34. The fourth-order valence-corrected chi connectivity index (χ4v) is 5.08. The molecule has 23 heavy (non-hydrogen) atoms. The third-order valence-corrected chi connectivity index (χ3v) is 6.56. The van der Waals surface area contributed by atoms with Crippen molar-refractivity contribution in [3.05, 3.63) is 35.0 Å². The van der Waals surface area contributed by atoms with Crippen LogP contribution in [-0.2, 0) is 9.84 Å². The van der Waals surface area contributed by atoms with Gasteiger partial charge in [-0.25, -0.2) is 8.42 Å². The molecule has 3 rings (SSSR count). The molecular weight excluding hydrogens is 312 g/mol. The van der Waals surface area contributed by atoms with Crippen molar-refractivity contribution in [2.24, 2.45) is 0 Å². The second-order valence-electron chi connectivity index (χ2n) is 6.28. The van der Waals surface area contributed by atoms with Crippen molar-refractivity contribution in [3.8, 4) is 0 Å². The lowest BCUT2D eigenvalue weighted by molar-refractivity contribution is 0.0708. The summed E-state index contributed by atoms with van der Waals surface area (Å²) in [5.41, 5.74) is 3.87. The lowest BCUT2D eigenvalue weighted by Crippen LogP contribution is -2.40. The average molecular weight is 334 g/mol. The maximum atomic E-state index is 12.9. The van der Waals surface area contributed by atoms with Crippen molar-refractivity contribution in [2.45, 2.75) is 33.2 Å². The molecule has 6 heteroatoms. The van der Waals surface area contributed by atoms with Gasteiger partial charge in [0.1, 0.15) is 0 Å². The maximum Gasteiger partial charge on any atom is 0.254 e. The molecule has 2 aromatic rings. The predicted octanol–water partition coefficient (Wildman–Crippen LogP) is 2.43. The number of carbonyl (C=O) groups is 1. The third-order valence-electron chi connectivity index (χ3n) is 4.81. The fourth-order valence-electron chi connectivity index (χ4n) is 3.35. The Morgan fingerprint density at radius 3 is 2.70 bits per heavy atom. The molecule has 1 aliphatic rings. The monoisotopic (exact) mass is 334 g/mol. The number of benzene rings is 1. The summed E-state index contributed by atoms with van der Waals surface area (Å²) in [4.78, 5) is 17.8. The van der Waals surface area contributed by atoms with E-state index in [1.54, 1.807) is 4.90 Å². The number of sulfone groups is 1. The van der Waals surface area contributed by atoms with Crippen LogP contribution in [0.1, 0.15) is 35.0 Å². The number of fused-ring (bicyclic) bond motifs is 1. The minimum atomic E-state index is -3.00. The van der Waals surface area contributed by atoms with Gasteiger partial charge in [0.25, 0.3) is 5.91 Å². The summed E-state index contributed by atoms with van der Waals surface area (Å²) in [6, 6.07) is 5.43. The van der Waals surface area contributed by atoms with Crippen molar-refractivity contribution < 1.29 is 13.2 Å². The standard InChI is InChI=1S/C17H22N2O3S/c1-4-19(14-7-8-23(21,22)10-14)17(20)13-5-6-16-15(9-13)11(2)12(3)18-16/h5-6,9,14,18H,4,7-8,10H2,1-3H3/t14-/m1/s1. The highest BCUT2D eigenvalue weighted by Crippen LogP contribution is 2.25. The van der Waals surface area contributed by atoms with Crippen LogP contribution >= 0.6 is 0 Å². The SMILES string of the molecule is CCN(C(=O)c1ccc2[nH]c(C)c(C)c2c1)[C@@H]1CCS(=O)(=O)C1. The van der Waals surface area contributed by atoms with Gasteiger partial charge in [-0.15, -0.1) is 0 Å². The zero-order valence-electron chi connectivity index (χ0n) is 13.7. The molecule has 0 aliphatic carbocycles. The largest absolute Gasteiger partial charge is 0.358 e. The number of aromatic nitrogens is 1. The van der Waals surface area contributed by atoms with Crippen molar-refractivity contribution in [3.63, 3.8) is 0 Å². The van der Waals surface area contributed by atoms with E-state index in [4.69, 9.17) is 0 Å². The van der Waals surface area contributed by atoms with Gasteiger partial charge in [0, 0.05) is 34.7 Å². The first-order chi connectivity index (χ1) is 10.8. The minimum absolute atomic E-state index is 0.0805. The van der Waals surface area contributed by atoms with E-state index in [1.165, 1.54) is 0 Å². The normalized spacial score (nSPS) is 20.0. The van der Waals surface area contributed by atoms with Crippen LogP contribution in [-0.4, -0.2) is 48.3 Å². The van der Waals surface area contributed by atoms with Gasteiger partial charge < -0.3 is 9.88 Å². The highest BCUT2D eigenvalue weighted by atomic mass is 32.2. The van der Waals surface area contributed by atoms with Gasteiger partial charge in [-0.3, -0.25) is 4.79 Å². The molecule has 0 radical (unpaired) electrons. The molecule has 1 amide bonds. The van der Waals surface area contributed by atoms with E-state index < -0.39 is 9.84 Å². The van der Waals surface area contributed by atoms with Gasteiger partial charge in [0.2, 0.25) is 0 Å². The Bertz CT molecular complexity index is 867. The molecule has 1 aliphatic heterocycles. The third kappa shape index (κ3) is 2.87. The molecule has 1 aromatic carbocycles. The molecular formula is C17H22N2O3S. The Kier molecular flexibility index (Phi) is 3.96. The van der Waals surface area contributed by atoms with Crippen LogP contribution in [0.2, 0.25) is 0 Å². The molecule has 0 bridgehead atoms. The Morgan fingerprint density at radius 1 is 1.35 bits per heavy atom. The molecule has 1 saturated heterocycles. The number of aryl methyl sites for hydroxylation is 2. The lowest BCUT2D eigenvalue weighted by Gasteiger charge is -2.27. The summed E-state index contributed by atoms with van der Waals surface area (Å²) in [7, 11) is -3.00. The molecule has 0 spiro atoms. The Hall–Kier alpha value is -1.82. The van der Waals surface area contributed by atoms with Gasteiger partial charge in [-0.2, -0.15) is 0 Å². The number of carbonyl (C=O) groups excluding carboxylic acids is 1. The smallest absolute Gasteiger partial charge is 0.254 e. The van der Waals surface area contributed by atoms with Crippen molar-refractivity contribution >= 4 is 26.6 Å². The second kappa shape index (κ2) is 5.67. The number of hydrogen-bond donors (Lipinski definition) is 1. The summed E-state index contributed by atoms with van der Waals surface area (Å²) in [6.45, 7) is 6.46. The first-order valence-electron chi connectivity index (χ1n) is 7.92. The second-order valence-corrected chi connectivity index (χ2v) is 8.51. The van der Waals surface area contributed by atoms with E-state index in [0.717, 1.165) is 22.2 Å². The van der Waals surface area contributed by atoms with E-state index in [9.17, 15) is 13.2 Å². The Balaban J connectivity index is 1.93. The van der Waals surface area contributed by atoms with Crippen molar-refractivity contribution in [1.82, 2.24) is 9.88 Å². The number of H-pyrrole nitrogens is 1. The van der Waals surface area contributed by atoms with Crippen molar-refractivity contribution in [1.29, 1.82) is 0 Å². The molecule has 1 atom stereocenters. The van der Waals surface area contributed by atoms with Gasteiger partial charge >= 0.3 is 0 Å². The first kappa shape index (κ1) is 16.1. The molecule has 1 fully saturated rings. The van der Waals surface area contributed by atoms with Crippen LogP contribution in [0.15, 0.2) is 18.2 Å². The van der Waals surface area contributed by atoms with Gasteiger partial charge in [-0.05, 0) is 51.0 Å². The summed E-state index contributed by atoms with van der Waals surface area (Å²) >= 11 is 0. The summed E-state index contributed by atoms with van der Waals surface area (Å²) in [5.74, 6) is 0.169. The molecule has 1 N–H and O–H groups in total. The Morgan fingerprint density at radius 2 is 2.09 bits per heavy atom. The molecule has 124 valence electrons.